The zero-order chi connectivity index (χ0) is 20.5. The number of nitrogens with zero attached hydrogens (tertiary/aromatic N) is 1. The molecular formula is C21H19N3O4S. The molecule has 0 saturated heterocycles. The minimum Gasteiger partial charge on any atom is -0.497 e. The number of methoxy groups -OCH3 is 1. The first-order valence-corrected chi connectivity index (χ1v) is 9.81. The summed E-state index contributed by atoms with van der Waals surface area (Å²) in [6.45, 7) is 3.64. The summed E-state index contributed by atoms with van der Waals surface area (Å²) in [4.78, 5) is 29.9. The van der Waals surface area contributed by atoms with E-state index in [0.717, 1.165) is 16.1 Å². The SMILES string of the molecule is COc1cccc(C(=O)Nc2nc(-c3ccc4c(c3)NC(=O)[C@H](C)O4)c(C)s2)c1. The predicted octanol–water partition coefficient (Wildman–Crippen LogP) is 4.10. The van der Waals surface area contributed by atoms with Crippen LogP contribution >= 0.6 is 11.3 Å². The van der Waals surface area contributed by atoms with Gasteiger partial charge in [0.1, 0.15) is 11.5 Å². The van der Waals surface area contributed by atoms with Gasteiger partial charge in [0.2, 0.25) is 0 Å². The quantitative estimate of drug-likeness (QED) is 0.677. The van der Waals surface area contributed by atoms with Gasteiger partial charge in [-0.2, -0.15) is 0 Å². The van der Waals surface area contributed by atoms with Crippen LogP contribution in [0.1, 0.15) is 22.2 Å². The molecule has 0 spiro atoms. The Labute approximate surface area is 171 Å². The number of amides is 2. The summed E-state index contributed by atoms with van der Waals surface area (Å²) < 4.78 is 10.8. The Morgan fingerprint density at radius 2 is 2.10 bits per heavy atom. The lowest BCUT2D eigenvalue weighted by Gasteiger charge is -2.23. The number of ether oxygens (including phenoxy) is 2. The minimum absolute atomic E-state index is 0.184. The second-order valence-corrected chi connectivity index (χ2v) is 7.77. The Morgan fingerprint density at radius 1 is 1.28 bits per heavy atom. The van der Waals surface area contributed by atoms with Crippen LogP contribution in [0.25, 0.3) is 11.3 Å². The van der Waals surface area contributed by atoms with Crippen LogP contribution in [0.15, 0.2) is 42.5 Å². The molecule has 1 aliphatic rings. The number of carbonyl (C=O) groups excluding carboxylic acids is 2. The number of rotatable bonds is 4. The number of benzene rings is 2. The Morgan fingerprint density at radius 3 is 2.90 bits per heavy atom. The van der Waals surface area contributed by atoms with E-state index in [1.54, 1.807) is 38.3 Å². The minimum atomic E-state index is -0.521. The van der Waals surface area contributed by atoms with Gasteiger partial charge in [0.15, 0.2) is 11.2 Å². The van der Waals surface area contributed by atoms with Crippen LogP contribution in [0.2, 0.25) is 0 Å². The van der Waals surface area contributed by atoms with Crippen molar-refractivity contribution in [3.05, 3.63) is 52.9 Å². The van der Waals surface area contributed by atoms with E-state index in [1.165, 1.54) is 11.3 Å². The van der Waals surface area contributed by atoms with Gasteiger partial charge in [-0.05, 0) is 50.2 Å². The largest absolute Gasteiger partial charge is 0.497 e. The van der Waals surface area contributed by atoms with Crippen LogP contribution in [0.3, 0.4) is 0 Å². The molecular weight excluding hydrogens is 390 g/mol. The van der Waals surface area contributed by atoms with Gasteiger partial charge in [0.05, 0.1) is 18.5 Å². The molecule has 0 aliphatic carbocycles. The number of hydrogen-bond donors (Lipinski definition) is 2. The van der Waals surface area contributed by atoms with Gasteiger partial charge < -0.3 is 14.8 Å². The normalized spacial score (nSPS) is 15.1. The monoisotopic (exact) mass is 409 g/mol. The molecule has 0 fully saturated rings. The molecule has 0 saturated carbocycles. The molecule has 1 atom stereocenters. The van der Waals surface area contributed by atoms with Crippen molar-refractivity contribution >= 4 is 34.0 Å². The van der Waals surface area contributed by atoms with Crippen LogP contribution < -0.4 is 20.1 Å². The first-order chi connectivity index (χ1) is 13.9. The Hall–Kier alpha value is -3.39. The van der Waals surface area contributed by atoms with Crippen LogP contribution in [0, 0.1) is 6.92 Å². The van der Waals surface area contributed by atoms with Gasteiger partial charge >= 0.3 is 0 Å². The average Bonchev–Trinajstić information content (AvgIpc) is 3.08. The van der Waals surface area contributed by atoms with Crippen molar-refractivity contribution in [2.24, 2.45) is 0 Å². The number of carbonyl (C=O) groups is 2. The third-order valence-corrected chi connectivity index (χ3v) is 5.42. The first-order valence-electron chi connectivity index (χ1n) is 8.99. The van der Waals surface area contributed by atoms with Crippen molar-refractivity contribution in [2.45, 2.75) is 20.0 Å². The van der Waals surface area contributed by atoms with E-state index in [0.29, 0.717) is 27.9 Å². The Bertz CT molecular complexity index is 1110. The lowest BCUT2D eigenvalue weighted by atomic mass is 10.1. The fourth-order valence-corrected chi connectivity index (χ4v) is 3.84. The molecule has 1 aliphatic heterocycles. The molecule has 0 unspecified atom stereocenters. The lowest BCUT2D eigenvalue weighted by molar-refractivity contribution is -0.122. The maximum Gasteiger partial charge on any atom is 0.265 e. The number of thiazole rings is 1. The number of anilines is 2. The molecule has 0 radical (unpaired) electrons. The van der Waals surface area contributed by atoms with Gasteiger partial charge in [-0.25, -0.2) is 4.98 Å². The van der Waals surface area contributed by atoms with Gasteiger partial charge in [-0.3, -0.25) is 14.9 Å². The molecule has 2 amide bonds. The average molecular weight is 409 g/mol. The molecule has 2 aromatic carbocycles. The molecule has 2 heterocycles. The van der Waals surface area contributed by atoms with E-state index < -0.39 is 6.10 Å². The van der Waals surface area contributed by atoms with Crippen molar-refractivity contribution in [3.8, 4) is 22.8 Å². The first kappa shape index (κ1) is 18.9. The van der Waals surface area contributed by atoms with Crippen molar-refractivity contribution in [1.29, 1.82) is 0 Å². The zero-order valence-electron chi connectivity index (χ0n) is 16.1. The van der Waals surface area contributed by atoms with E-state index in [-0.39, 0.29) is 11.8 Å². The Balaban J connectivity index is 1.58. The van der Waals surface area contributed by atoms with Crippen LogP contribution in [-0.2, 0) is 4.79 Å². The molecule has 0 bridgehead atoms. The predicted molar refractivity (Wildman–Crippen MR) is 112 cm³/mol. The molecule has 7 nitrogen and oxygen atoms in total. The second kappa shape index (κ2) is 7.56. The van der Waals surface area contributed by atoms with Gasteiger partial charge in [-0.1, -0.05) is 6.07 Å². The number of fused-ring (bicyclic) bond motifs is 1. The highest BCUT2D eigenvalue weighted by molar-refractivity contribution is 7.16. The van der Waals surface area contributed by atoms with Gasteiger partial charge in [0, 0.05) is 16.0 Å². The fourth-order valence-electron chi connectivity index (χ4n) is 3.01. The standard InChI is InChI=1S/C21H19N3O4S/c1-11-19(25)22-16-10-13(7-8-17(16)28-11)18-12(2)29-21(23-18)24-20(26)14-5-4-6-15(9-14)27-3/h4-11H,1-3H3,(H,22,25)(H,23,24,26)/t11-/m0/s1. The summed E-state index contributed by atoms with van der Waals surface area (Å²) >= 11 is 1.39. The van der Waals surface area contributed by atoms with Crippen molar-refractivity contribution in [1.82, 2.24) is 4.98 Å². The molecule has 29 heavy (non-hydrogen) atoms. The highest BCUT2D eigenvalue weighted by Gasteiger charge is 2.24. The van der Waals surface area contributed by atoms with Crippen LogP contribution in [0.4, 0.5) is 10.8 Å². The number of aryl methyl sites for hydroxylation is 1. The van der Waals surface area contributed by atoms with E-state index >= 15 is 0 Å². The fraction of sp³-hybridized carbons (Fsp3) is 0.190. The van der Waals surface area contributed by atoms with Crippen LogP contribution in [-0.4, -0.2) is 30.0 Å². The lowest BCUT2D eigenvalue weighted by Crippen LogP contribution is -2.34. The molecule has 4 rings (SSSR count). The highest BCUT2D eigenvalue weighted by atomic mass is 32.1. The van der Waals surface area contributed by atoms with E-state index in [2.05, 4.69) is 15.6 Å². The van der Waals surface area contributed by atoms with E-state index in [9.17, 15) is 9.59 Å². The third-order valence-electron chi connectivity index (χ3n) is 4.53. The molecule has 148 valence electrons. The summed E-state index contributed by atoms with van der Waals surface area (Å²) in [6.07, 6.45) is -0.521. The molecule has 1 aromatic heterocycles. The molecule has 8 heteroatoms. The summed E-state index contributed by atoms with van der Waals surface area (Å²) in [6, 6.07) is 12.5. The maximum absolute atomic E-state index is 12.5. The zero-order valence-corrected chi connectivity index (χ0v) is 16.9. The summed E-state index contributed by atoms with van der Waals surface area (Å²) in [7, 11) is 1.56. The van der Waals surface area contributed by atoms with E-state index in [1.807, 2.05) is 25.1 Å². The van der Waals surface area contributed by atoms with Crippen molar-refractivity contribution in [2.75, 3.05) is 17.7 Å². The van der Waals surface area contributed by atoms with Crippen LogP contribution in [0.5, 0.6) is 11.5 Å². The van der Waals surface area contributed by atoms with Crippen molar-refractivity contribution < 1.29 is 19.1 Å². The smallest absolute Gasteiger partial charge is 0.265 e. The van der Waals surface area contributed by atoms with E-state index in [4.69, 9.17) is 9.47 Å². The number of aromatic nitrogens is 1. The number of nitrogens with one attached hydrogen (secondary N) is 2. The highest BCUT2D eigenvalue weighted by Crippen LogP contribution is 2.37. The summed E-state index contributed by atoms with van der Waals surface area (Å²) in [5.41, 5.74) is 2.67. The Kier molecular flexibility index (Phi) is 4.94. The summed E-state index contributed by atoms with van der Waals surface area (Å²) in [5, 5.41) is 6.17. The second-order valence-electron chi connectivity index (χ2n) is 6.57. The summed E-state index contributed by atoms with van der Waals surface area (Å²) in [5.74, 6) is 0.793. The topological polar surface area (TPSA) is 89.5 Å². The number of hydrogen-bond acceptors (Lipinski definition) is 6. The van der Waals surface area contributed by atoms with Crippen molar-refractivity contribution in [3.63, 3.8) is 0 Å². The molecule has 2 N–H and O–H groups in total. The molecule has 3 aromatic rings. The van der Waals surface area contributed by atoms with Gasteiger partial charge in [0.25, 0.3) is 11.8 Å². The van der Waals surface area contributed by atoms with Gasteiger partial charge in [-0.15, -0.1) is 11.3 Å². The maximum atomic E-state index is 12.5. The third kappa shape index (κ3) is 3.79.